The number of carbonyl (C=O) groups is 2. The molecule has 178 valence electrons. The van der Waals surface area contributed by atoms with Crippen LogP contribution in [0.2, 0.25) is 0 Å². The molecule has 0 spiro atoms. The predicted octanol–water partition coefficient (Wildman–Crippen LogP) is 2.14. The highest BCUT2D eigenvalue weighted by molar-refractivity contribution is 5.91. The van der Waals surface area contributed by atoms with Gasteiger partial charge in [0.1, 0.15) is 24.7 Å². The maximum Gasteiger partial charge on any atom is 0.267 e. The van der Waals surface area contributed by atoms with E-state index in [4.69, 9.17) is 0 Å². The molecule has 34 heavy (non-hydrogen) atoms. The van der Waals surface area contributed by atoms with Crippen molar-refractivity contribution in [1.29, 1.82) is 0 Å². The lowest BCUT2D eigenvalue weighted by atomic mass is 9.99. The van der Waals surface area contributed by atoms with Crippen LogP contribution < -0.4 is 10.3 Å². The Kier molecular flexibility index (Phi) is 6.19. The second-order valence-corrected chi connectivity index (χ2v) is 8.88. The van der Waals surface area contributed by atoms with Gasteiger partial charge in [0.25, 0.3) is 5.91 Å². The highest BCUT2D eigenvalue weighted by atomic mass is 19.1. The summed E-state index contributed by atoms with van der Waals surface area (Å²) in [4.78, 5) is 29.6. The standard InChI is InChI=1S/C25H29FN6O2/c1-2-18-7-9-19(10-8-18)21-15-23-25(34)31(27-17-32(23)28-21)16-24(33)30-13-11-29(12-14-30)22-6-4-3-5-20(22)26/h3-10,17,21,23,28H,2,11-16H2,1H3. The first-order valence-electron chi connectivity index (χ1n) is 11.8. The Balaban J connectivity index is 1.16. The first-order chi connectivity index (χ1) is 16.5. The van der Waals surface area contributed by atoms with Crippen LogP contribution in [0.4, 0.5) is 10.1 Å². The Morgan fingerprint density at radius 3 is 2.53 bits per heavy atom. The lowest BCUT2D eigenvalue weighted by Gasteiger charge is -2.37. The maximum absolute atomic E-state index is 14.1. The molecule has 1 N–H and O–H groups in total. The molecule has 2 amide bonds. The van der Waals surface area contributed by atoms with Gasteiger partial charge in [0.15, 0.2) is 0 Å². The number of hydrogen-bond donors (Lipinski definition) is 1. The van der Waals surface area contributed by atoms with Crippen molar-refractivity contribution in [1.82, 2.24) is 20.3 Å². The molecule has 0 saturated carbocycles. The van der Waals surface area contributed by atoms with Gasteiger partial charge in [0.05, 0.1) is 11.7 Å². The van der Waals surface area contributed by atoms with E-state index < -0.39 is 0 Å². The van der Waals surface area contributed by atoms with Gasteiger partial charge < -0.3 is 9.80 Å². The molecule has 0 radical (unpaired) electrons. The van der Waals surface area contributed by atoms with Gasteiger partial charge in [0, 0.05) is 26.2 Å². The summed E-state index contributed by atoms with van der Waals surface area (Å²) in [5.74, 6) is -0.587. The third kappa shape index (κ3) is 4.35. The highest BCUT2D eigenvalue weighted by Gasteiger charge is 2.41. The fraction of sp³-hybridized carbons (Fsp3) is 0.400. The second-order valence-electron chi connectivity index (χ2n) is 8.88. The summed E-state index contributed by atoms with van der Waals surface area (Å²) in [6.45, 7) is 4.08. The van der Waals surface area contributed by atoms with Gasteiger partial charge in [0.2, 0.25) is 5.91 Å². The molecule has 3 aliphatic heterocycles. The largest absolute Gasteiger partial charge is 0.366 e. The normalized spacial score (nSPS) is 22.4. The Labute approximate surface area is 198 Å². The van der Waals surface area contributed by atoms with Crippen molar-refractivity contribution in [3.63, 3.8) is 0 Å². The highest BCUT2D eigenvalue weighted by Crippen LogP contribution is 2.30. The lowest BCUT2D eigenvalue weighted by molar-refractivity contribution is -0.144. The van der Waals surface area contributed by atoms with E-state index in [0.717, 1.165) is 12.0 Å². The summed E-state index contributed by atoms with van der Waals surface area (Å²) in [6.07, 6.45) is 3.19. The molecule has 2 atom stereocenters. The van der Waals surface area contributed by atoms with Crippen LogP contribution in [-0.4, -0.2) is 71.8 Å². The van der Waals surface area contributed by atoms with E-state index in [1.54, 1.807) is 28.4 Å². The number of hydrazone groups is 1. The van der Waals surface area contributed by atoms with Gasteiger partial charge in [-0.15, -0.1) is 0 Å². The Hall–Kier alpha value is -3.46. The molecule has 3 heterocycles. The number of fused-ring (bicyclic) bond motifs is 1. The number of anilines is 1. The number of hydrogen-bond acceptors (Lipinski definition) is 6. The minimum absolute atomic E-state index is 0.0217. The van der Waals surface area contributed by atoms with E-state index in [-0.39, 0.29) is 36.3 Å². The third-order valence-electron chi connectivity index (χ3n) is 6.86. The number of nitrogens with zero attached hydrogens (tertiary/aromatic N) is 5. The molecule has 2 aromatic rings. The number of nitrogens with one attached hydrogen (secondary N) is 1. The number of aryl methyl sites for hydroxylation is 1. The second kappa shape index (κ2) is 9.42. The van der Waals surface area contributed by atoms with E-state index in [2.05, 4.69) is 41.7 Å². The average molecular weight is 465 g/mol. The van der Waals surface area contributed by atoms with E-state index in [0.29, 0.717) is 38.3 Å². The van der Waals surface area contributed by atoms with Crippen LogP contribution in [0.1, 0.15) is 30.5 Å². The summed E-state index contributed by atoms with van der Waals surface area (Å²) in [6, 6.07) is 14.7. The van der Waals surface area contributed by atoms with E-state index >= 15 is 0 Å². The first-order valence-corrected chi connectivity index (χ1v) is 11.8. The van der Waals surface area contributed by atoms with Crippen LogP contribution in [0, 0.1) is 5.82 Å². The van der Waals surface area contributed by atoms with Crippen LogP contribution in [0.25, 0.3) is 0 Å². The van der Waals surface area contributed by atoms with Crippen molar-refractivity contribution in [2.75, 3.05) is 37.6 Å². The lowest BCUT2D eigenvalue weighted by Crippen LogP contribution is -2.55. The molecule has 5 rings (SSSR count). The van der Waals surface area contributed by atoms with Crippen LogP contribution in [-0.2, 0) is 16.0 Å². The van der Waals surface area contributed by atoms with Crippen molar-refractivity contribution in [3.8, 4) is 0 Å². The van der Waals surface area contributed by atoms with Crippen molar-refractivity contribution in [2.45, 2.75) is 31.8 Å². The van der Waals surface area contributed by atoms with Gasteiger partial charge in [-0.25, -0.2) is 14.8 Å². The number of para-hydroxylation sites is 1. The smallest absolute Gasteiger partial charge is 0.267 e. The maximum atomic E-state index is 14.1. The molecule has 3 aliphatic rings. The Morgan fingerprint density at radius 2 is 1.82 bits per heavy atom. The van der Waals surface area contributed by atoms with Crippen LogP contribution in [0.15, 0.2) is 53.6 Å². The number of hydrazine groups is 1. The zero-order chi connectivity index (χ0) is 23.7. The van der Waals surface area contributed by atoms with Gasteiger partial charge in [-0.2, -0.15) is 5.10 Å². The zero-order valence-corrected chi connectivity index (χ0v) is 19.2. The number of carbonyl (C=O) groups excluding carboxylic acids is 2. The fourth-order valence-electron chi connectivity index (χ4n) is 4.79. The molecule has 9 heteroatoms. The zero-order valence-electron chi connectivity index (χ0n) is 19.2. The monoisotopic (exact) mass is 464 g/mol. The molecule has 8 nitrogen and oxygen atoms in total. The molecule has 0 aliphatic carbocycles. The number of halogens is 1. The van der Waals surface area contributed by atoms with Crippen molar-refractivity contribution in [2.24, 2.45) is 5.10 Å². The molecular weight excluding hydrogens is 435 g/mol. The molecule has 2 aromatic carbocycles. The molecule has 2 unspecified atom stereocenters. The SMILES string of the molecule is CCc1ccc(C2CC3C(=O)N(CC(=O)N4CCN(c5ccccc5F)CC4)N=CN3N2)cc1. The Bertz CT molecular complexity index is 1080. The summed E-state index contributed by atoms with van der Waals surface area (Å²) in [7, 11) is 0. The molecule has 2 saturated heterocycles. The van der Waals surface area contributed by atoms with Crippen LogP contribution in [0.5, 0.6) is 0 Å². The number of rotatable bonds is 5. The number of amides is 2. The van der Waals surface area contributed by atoms with Gasteiger partial charge >= 0.3 is 0 Å². The predicted molar refractivity (Wildman–Crippen MR) is 127 cm³/mol. The topological polar surface area (TPSA) is 71.5 Å². The van der Waals surface area contributed by atoms with E-state index in [9.17, 15) is 14.0 Å². The van der Waals surface area contributed by atoms with E-state index in [1.807, 2.05) is 11.0 Å². The summed E-state index contributed by atoms with van der Waals surface area (Å²) in [5, 5.41) is 7.25. The molecule has 0 bridgehead atoms. The average Bonchev–Trinajstić information content (AvgIpc) is 3.31. The van der Waals surface area contributed by atoms with Crippen molar-refractivity contribution >= 4 is 23.8 Å². The minimum atomic E-state index is -0.390. The first kappa shape index (κ1) is 22.3. The minimum Gasteiger partial charge on any atom is -0.366 e. The molecule has 0 aromatic heterocycles. The molecule has 2 fully saturated rings. The quantitative estimate of drug-likeness (QED) is 0.734. The fourth-order valence-corrected chi connectivity index (χ4v) is 4.79. The van der Waals surface area contributed by atoms with Gasteiger partial charge in [-0.1, -0.05) is 43.3 Å². The number of piperazine rings is 1. The summed E-state index contributed by atoms with van der Waals surface area (Å²) in [5.41, 5.74) is 6.30. The summed E-state index contributed by atoms with van der Waals surface area (Å²) >= 11 is 0. The van der Waals surface area contributed by atoms with Crippen molar-refractivity contribution in [3.05, 3.63) is 65.5 Å². The molecular formula is C25H29FN6O2. The van der Waals surface area contributed by atoms with Gasteiger partial charge in [-0.05, 0) is 36.1 Å². The van der Waals surface area contributed by atoms with E-state index in [1.165, 1.54) is 16.6 Å². The van der Waals surface area contributed by atoms with Crippen molar-refractivity contribution < 1.29 is 14.0 Å². The van der Waals surface area contributed by atoms with Gasteiger partial charge in [-0.3, -0.25) is 14.6 Å². The summed E-state index contributed by atoms with van der Waals surface area (Å²) < 4.78 is 14.1. The number of benzene rings is 2. The Morgan fingerprint density at radius 1 is 1.09 bits per heavy atom. The van der Waals surface area contributed by atoms with Crippen LogP contribution >= 0.6 is 0 Å². The third-order valence-corrected chi connectivity index (χ3v) is 6.86. The van der Waals surface area contributed by atoms with Crippen LogP contribution in [0.3, 0.4) is 0 Å².